The Morgan fingerprint density at radius 1 is 1.23 bits per heavy atom. The van der Waals surface area contributed by atoms with Gasteiger partial charge in [-0.2, -0.15) is 13.2 Å². The molecule has 1 aromatic carbocycles. The van der Waals surface area contributed by atoms with Crippen molar-refractivity contribution in [2.75, 3.05) is 18.0 Å². The van der Waals surface area contributed by atoms with Crippen molar-refractivity contribution in [2.45, 2.75) is 25.4 Å². The molecule has 4 nitrogen and oxygen atoms in total. The molecule has 0 radical (unpaired) electrons. The van der Waals surface area contributed by atoms with E-state index in [4.69, 9.17) is 0 Å². The van der Waals surface area contributed by atoms with E-state index in [1.165, 1.54) is 4.90 Å². The van der Waals surface area contributed by atoms with Crippen LogP contribution in [0.15, 0.2) is 12.1 Å². The van der Waals surface area contributed by atoms with Crippen LogP contribution in [0.25, 0.3) is 0 Å². The quantitative estimate of drug-likeness (QED) is 0.656. The monoisotopic (exact) mass is 324 g/mol. The molecular weight excluding hydrogens is 311 g/mol. The lowest BCUT2D eigenvalue weighted by Gasteiger charge is -2.32. The fourth-order valence-corrected chi connectivity index (χ4v) is 1.97. The van der Waals surface area contributed by atoms with Gasteiger partial charge in [0, 0.05) is 11.6 Å². The maximum atomic E-state index is 13.9. The maximum absolute atomic E-state index is 13.9. The molecule has 122 valence electrons. The minimum absolute atomic E-state index is 0.0540. The lowest BCUT2D eigenvalue weighted by molar-refractivity contribution is -0.159. The molecule has 2 N–H and O–H groups in total. The summed E-state index contributed by atoms with van der Waals surface area (Å²) in [6.45, 7) is 0.640. The van der Waals surface area contributed by atoms with Gasteiger partial charge < -0.3 is 10.0 Å². The van der Waals surface area contributed by atoms with Crippen molar-refractivity contribution in [1.82, 2.24) is 5.32 Å². The van der Waals surface area contributed by atoms with Crippen LogP contribution >= 0.6 is 0 Å². The molecule has 0 aromatic heterocycles. The number of carbonyl (C=O) groups is 1. The van der Waals surface area contributed by atoms with Crippen molar-refractivity contribution >= 4 is 11.5 Å². The number of nitrogens with one attached hydrogen (secondary N) is 1. The predicted octanol–water partition coefficient (Wildman–Crippen LogP) is 1.89. The maximum Gasteiger partial charge on any atom is 0.403 e. The largest absolute Gasteiger partial charge is 0.403 e. The Balaban J connectivity index is 2.18. The second-order valence-corrected chi connectivity index (χ2v) is 5.05. The molecule has 22 heavy (non-hydrogen) atoms. The van der Waals surface area contributed by atoms with Gasteiger partial charge in [-0.3, -0.25) is 10.1 Å². The fraction of sp³-hybridized carbons (Fsp3) is 0.462. The number of rotatable bonds is 4. The number of aliphatic hydroxyl groups excluding tert-OH is 1. The van der Waals surface area contributed by atoms with E-state index in [1.807, 2.05) is 0 Å². The highest BCUT2D eigenvalue weighted by molar-refractivity contribution is 5.95. The van der Waals surface area contributed by atoms with E-state index >= 15 is 0 Å². The first-order valence-corrected chi connectivity index (χ1v) is 6.36. The molecule has 0 bridgehead atoms. The van der Waals surface area contributed by atoms with Crippen LogP contribution in [0.4, 0.5) is 27.6 Å². The average Bonchev–Trinajstić information content (AvgIpc) is 2.36. The average molecular weight is 324 g/mol. The Bertz CT molecular complexity index is 583. The summed E-state index contributed by atoms with van der Waals surface area (Å²) in [5, 5.41) is 11.4. The third-order valence-corrected chi connectivity index (χ3v) is 3.33. The summed E-state index contributed by atoms with van der Waals surface area (Å²) in [6.07, 6.45) is -6.65. The van der Waals surface area contributed by atoms with E-state index in [0.29, 0.717) is 6.07 Å². The van der Waals surface area contributed by atoms with Crippen LogP contribution in [0.2, 0.25) is 0 Å². The molecule has 1 saturated heterocycles. The zero-order chi connectivity index (χ0) is 16.7. The number of anilines is 1. The summed E-state index contributed by atoms with van der Waals surface area (Å²) in [6, 6.07) is -0.730. The van der Waals surface area contributed by atoms with Gasteiger partial charge in [-0.1, -0.05) is 0 Å². The van der Waals surface area contributed by atoms with E-state index in [-0.39, 0.29) is 24.6 Å². The summed E-state index contributed by atoms with van der Waals surface area (Å²) in [7, 11) is 0. The van der Waals surface area contributed by atoms with Gasteiger partial charge in [-0.15, -0.1) is 0 Å². The third-order valence-electron chi connectivity index (χ3n) is 3.33. The summed E-state index contributed by atoms with van der Waals surface area (Å²) >= 11 is 0. The van der Waals surface area contributed by atoms with Gasteiger partial charge in [0.2, 0.25) is 0 Å². The zero-order valence-electron chi connectivity index (χ0n) is 11.4. The minimum atomic E-state index is -4.63. The van der Waals surface area contributed by atoms with Gasteiger partial charge >= 0.3 is 6.18 Å². The third kappa shape index (κ3) is 3.36. The van der Waals surface area contributed by atoms with Gasteiger partial charge in [0.05, 0.1) is 18.8 Å². The summed E-state index contributed by atoms with van der Waals surface area (Å²) in [4.78, 5) is 12.1. The Morgan fingerprint density at radius 3 is 2.32 bits per heavy atom. The van der Waals surface area contributed by atoms with E-state index in [1.54, 1.807) is 5.32 Å². The Morgan fingerprint density at radius 2 is 1.82 bits per heavy atom. The Labute approximate surface area is 122 Å². The lowest BCUT2D eigenvalue weighted by Crippen LogP contribution is -2.47. The summed E-state index contributed by atoms with van der Waals surface area (Å²) in [5.41, 5.74) is -0.805. The van der Waals surface area contributed by atoms with Crippen molar-refractivity contribution < 1.29 is 31.9 Å². The molecular formula is C13H13F5N2O2. The number of carbonyl (C=O) groups excluding carboxylic acids is 1. The second kappa shape index (κ2) is 5.81. The van der Waals surface area contributed by atoms with Crippen LogP contribution in [-0.4, -0.2) is 36.2 Å². The molecule has 0 spiro atoms. The van der Waals surface area contributed by atoms with E-state index in [0.717, 1.165) is 13.0 Å². The van der Waals surface area contributed by atoms with Crippen molar-refractivity contribution in [1.29, 1.82) is 0 Å². The summed E-state index contributed by atoms with van der Waals surface area (Å²) in [5.74, 6) is -2.13. The van der Waals surface area contributed by atoms with Gasteiger partial charge in [0.25, 0.3) is 0 Å². The highest BCUT2D eigenvalue weighted by atomic mass is 19.4. The normalized spacial score (nSPS) is 18.1. The predicted molar refractivity (Wildman–Crippen MR) is 67.2 cm³/mol. The number of Topliss-reactive ketones (excluding diaryl/α,β-unsaturated/α-hetero) is 1. The first-order valence-electron chi connectivity index (χ1n) is 6.36. The van der Waals surface area contributed by atoms with Gasteiger partial charge in [-0.25, -0.2) is 8.78 Å². The standard InChI is InChI=1S/C13H13F5N2O2/c1-6(13(16,17)18)19-12(22)8-2-10(15)11(3-9(8)14)20-4-7(21)5-20/h2-3,6,12,19,22H,4-5H2,1H3/t6-,12?/m0/s1. The van der Waals surface area contributed by atoms with Gasteiger partial charge in [0.15, 0.2) is 5.78 Å². The van der Waals surface area contributed by atoms with Crippen LogP contribution in [0.1, 0.15) is 18.7 Å². The van der Waals surface area contributed by atoms with Crippen LogP contribution in [-0.2, 0) is 4.79 Å². The molecule has 1 heterocycles. The smallest absolute Gasteiger partial charge is 0.374 e. The topological polar surface area (TPSA) is 52.6 Å². The number of hydrogen-bond acceptors (Lipinski definition) is 4. The molecule has 1 aliphatic rings. The lowest BCUT2D eigenvalue weighted by atomic mass is 10.1. The Kier molecular flexibility index (Phi) is 4.39. The van der Waals surface area contributed by atoms with Crippen LogP contribution in [0, 0.1) is 11.6 Å². The van der Waals surface area contributed by atoms with Gasteiger partial charge in [0.1, 0.15) is 23.9 Å². The van der Waals surface area contributed by atoms with Crippen LogP contribution in [0.5, 0.6) is 0 Å². The minimum Gasteiger partial charge on any atom is -0.374 e. The highest BCUT2D eigenvalue weighted by Crippen LogP contribution is 2.29. The molecule has 1 fully saturated rings. The van der Waals surface area contributed by atoms with Crippen LogP contribution in [0.3, 0.4) is 0 Å². The molecule has 0 saturated carbocycles. The molecule has 9 heteroatoms. The van der Waals surface area contributed by atoms with Crippen molar-refractivity contribution in [2.24, 2.45) is 0 Å². The molecule has 0 aliphatic carbocycles. The number of aliphatic hydroxyl groups is 1. The number of alkyl halides is 3. The molecule has 0 amide bonds. The number of nitrogens with zero attached hydrogens (tertiary/aromatic N) is 1. The van der Waals surface area contributed by atoms with Crippen molar-refractivity contribution in [3.8, 4) is 0 Å². The van der Waals surface area contributed by atoms with E-state index < -0.39 is 35.6 Å². The first kappa shape index (κ1) is 16.6. The van der Waals surface area contributed by atoms with E-state index in [9.17, 15) is 31.9 Å². The second-order valence-electron chi connectivity index (χ2n) is 5.05. The number of halogens is 5. The fourth-order valence-electron chi connectivity index (χ4n) is 1.97. The number of ketones is 1. The molecule has 2 atom stereocenters. The molecule has 1 aromatic rings. The van der Waals surface area contributed by atoms with Crippen molar-refractivity contribution in [3.05, 3.63) is 29.3 Å². The Hall–Kier alpha value is -1.74. The number of hydrogen-bond donors (Lipinski definition) is 2. The zero-order valence-corrected chi connectivity index (χ0v) is 11.4. The molecule has 1 unspecified atom stereocenters. The summed E-state index contributed by atoms with van der Waals surface area (Å²) < 4.78 is 64.9. The highest BCUT2D eigenvalue weighted by Gasteiger charge is 2.37. The SMILES string of the molecule is C[C@H](NC(O)c1cc(F)c(N2CC(=O)C2)cc1F)C(F)(F)F. The van der Waals surface area contributed by atoms with Crippen molar-refractivity contribution in [3.63, 3.8) is 0 Å². The van der Waals surface area contributed by atoms with Crippen LogP contribution < -0.4 is 10.2 Å². The van der Waals surface area contributed by atoms with Gasteiger partial charge in [-0.05, 0) is 13.0 Å². The number of benzene rings is 1. The molecule has 2 rings (SSSR count). The molecule has 1 aliphatic heterocycles. The van der Waals surface area contributed by atoms with E-state index in [2.05, 4.69) is 0 Å². The first-order chi connectivity index (χ1) is 10.1.